The number of hydrogen-bond donors (Lipinski definition) is 2. The number of methoxy groups -OCH3 is 3. The molecule has 0 radical (unpaired) electrons. The lowest BCUT2D eigenvalue weighted by Crippen LogP contribution is -2.29. The molecule has 0 aliphatic carbocycles. The van der Waals surface area contributed by atoms with Crippen LogP contribution in [0, 0.1) is 5.92 Å². The molecule has 0 aliphatic heterocycles. The van der Waals surface area contributed by atoms with Crippen LogP contribution in [0.1, 0.15) is 17.3 Å². The van der Waals surface area contributed by atoms with Crippen molar-refractivity contribution in [2.24, 2.45) is 5.92 Å². The van der Waals surface area contributed by atoms with Crippen molar-refractivity contribution in [2.75, 3.05) is 40.2 Å². The minimum atomic E-state index is -0.572. The number of carbonyl (C=O) groups excluding carboxylic acids is 2. The SMILES string of the molecule is CNCC(C)C(=O)Nc1cc(OC)c(OC)cc1C(=O)OC. The van der Waals surface area contributed by atoms with Crippen LogP contribution in [0.3, 0.4) is 0 Å². The van der Waals surface area contributed by atoms with Crippen LogP contribution in [-0.2, 0) is 9.53 Å². The molecular weight excluding hydrogens is 288 g/mol. The Morgan fingerprint density at radius 1 is 1.14 bits per heavy atom. The number of benzene rings is 1. The van der Waals surface area contributed by atoms with Gasteiger partial charge >= 0.3 is 5.97 Å². The quantitative estimate of drug-likeness (QED) is 0.738. The van der Waals surface area contributed by atoms with Crippen LogP contribution in [-0.4, -0.2) is 46.8 Å². The molecule has 1 atom stereocenters. The summed E-state index contributed by atoms with van der Waals surface area (Å²) in [5, 5.41) is 5.65. The van der Waals surface area contributed by atoms with Gasteiger partial charge < -0.3 is 24.8 Å². The summed E-state index contributed by atoms with van der Waals surface area (Å²) in [4.78, 5) is 24.0. The highest BCUT2D eigenvalue weighted by Gasteiger charge is 2.20. The molecule has 1 amide bonds. The van der Waals surface area contributed by atoms with Gasteiger partial charge in [0.2, 0.25) is 5.91 Å². The van der Waals surface area contributed by atoms with E-state index >= 15 is 0 Å². The zero-order chi connectivity index (χ0) is 16.7. The number of amides is 1. The van der Waals surface area contributed by atoms with E-state index < -0.39 is 5.97 Å². The predicted octanol–water partition coefficient (Wildman–Crippen LogP) is 1.28. The monoisotopic (exact) mass is 310 g/mol. The first-order valence-electron chi connectivity index (χ1n) is 6.78. The molecule has 7 nitrogen and oxygen atoms in total. The molecule has 0 heterocycles. The fourth-order valence-corrected chi connectivity index (χ4v) is 1.92. The standard InChI is InChI=1S/C15H22N2O5/c1-9(8-16-2)14(18)17-11-7-13(21-4)12(20-3)6-10(11)15(19)22-5/h6-7,9,16H,8H2,1-5H3,(H,17,18). The highest BCUT2D eigenvalue weighted by Crippen LogP contribution is 2.33. The van der Waals surface area contributed by atoms with Gasteiger partial charge in [0.15, 0.2) is 11.5 Å². The number of esters is 1. The van der Waals surface area contributed by atoms with Gasteiger partial charge in [0, 0.05) is 24.6 Å². The Morgan fingerprint density at radius 3 is 2.23 bits per heavy atom. The number of nitrogens with one attached hydrogen (secondary N) is 2. The number of rotatable bonds is 7. The number of anilines is 1. The molecule has 0 saturated heterocycles. The molecule has 122 valence electrons. The van der Waals surface area contributed by atoms with Crippen LogP contribution >= 0.6 is 0 Å². The van der Waals surface area contributed by atoms with E-state index in [9.17, 15) is 9.59 Å². The van der Waals surface area contributed by atoms with Crippen molar-refractivity contribution in [2.45, 2.75) is 6.92 Å². The summed E-state index contributed by atoms with van der Waals surface area (Å²) in [6, 6.07) is 3.01. The molecule has 0 aromatic heterocycles. The fraction of sp³-hybridized carbons (Fsp3) is 0.467. The molecule has 1 rings (SSSR count). The second kappa shape index (κ2) is 8.23. The lowest BCUT2D eigenvalue weighted by atomic mass is 10.1. The molecule has 2 N–H and O–H groups in total. The Bertz CT molecular complexity index is 545. The lowest BCUT2D eigenvalue weighted by molar-refractivity contribution is -0.119. The van der Waals surface area contributed by atoms with Gasteiger partial charge in [0.05, 0.1) is 32.6 Å². The highest BCUT2D eigenvalue weighted by atomic mass is 16.5. The van der Waals surface area contributed by atoms with Crippen LogP contribution in [0.4, 0.5) is 5.69 Å². The van der Waals surface area contributed by atoms with Crippen LogP contribution in [0.2, 0.25) is 0 Å². The lowest BCUT2D eigenvalue weighted by Gasteiger charge is -2.16. The topological polar surface area (TPSA) is 85.9 Å². The van der Waals surface area contributed by atoms with E-state index in [0.29, 0.717) is 23.7 Å². The Hall–Kier alpha value is -2.28. The smallest absolute Gasteiger partial charge is 0.340 e. The second-order valence-electron chi connectivity index (χ2n) is 4.69. The molecule has 1 aromatic carbocycles. The van der Waals surface area contributed by atoms with Crippen LogP contribution < -0.4 is 20.1 Å². The molecule has 1 unspecified atom stereocenters. The highest BCUT2D eigenvalue weighted by molar-refractivity contribution is 6.02. The molecule has 0 spiro atoms. The Balaban J connectivity index is 3.20. The summed E-state index contributed by atoms with van der Waals surface area (Å²) < 4.78 is 15.1. The van der Waals surface area contributed by atoms with Crippen molar-refractivity contribution in [1.82, 2.24) is 5.32 Å². The third kappa shape index (κ3) is 4.11. The maximum absolute atomic E-state index is 12.1. The van der Waals surface area contributed by atoms with Gasteiger partial charge in [-0.25, -0.2) is 4.79 Å². The van der Waals surface area contributed by atoms with Gasteiger partial charge in [0.1, 0.15) is 0 Å². The first-order chi connectivity index (χ1) is 10.5. The van der Waals surface area contributed by atoms with Gasteiger partial charge in [-0.05, 0) is 7.05 Å². The molecular formula is C15H22N2O5. The number of hydrogen-bond acceptors (Lipinski definition) is 6. The van der Waals surface area contributed by atoms with E-state index in [0.717, 1.165) is 0 Å². The zero-order valence-corrected chi connectivity index (χ0v) is 13.5. The molecule has 1 aromatic rings. The average molecular weight is 310 g/mol. The third-order valence-corrected chi connectivity index (χ3v) is 3.14. The summed E-state index contributed by atoms with van der Waals surface area (Å²) >= 11 is 0. The maximum atomic E-state index is 12.1. The van der Waals surface area contributed by atoms with E-state index in [1.54, 1.807) is 14.0 Å². The van der Waals surface area contributed by atoms with Crippen molar-refractivity contribution >= 4 is 17.6 Å². The summed E-state index contributed by atoms with van der Waals surface area (Å²) in [7, 11) is 5.98. The normalized spacial score (nSPS) is 11.5. The van der Waals surface area contributed by atoms with Crippen molar-refractivity contribution in [1.29, 1.82) is 0 Å². The molecule has 7 heteroatoms. The van der Waals surface area contributed by atoms with Gasteiger partial charge in [-0.2, -0.15) is 0 Å². The second-order valence-corrected chi connectivity index (χ2v) is 4.69. The van der Waals surface area contributed by atoms with Crippen LogP contribution in [0.5, 0.6) is 11.5 Å². The van der Waals surface area contributed by atoms with E-state index in [4.69, 9.17) is 14.2 Å². The molecule has 22 heavy (non-hydrogen) atoms. The fourth-order valence-electron chi connectivity index (χ4n) is 1.92. The number of ether oxygens (including phenoxy) is 3. The van der Waals surface area contributed by atoms with E-state index in [1.807, 2.05) is 0 Å². The molecule has 0 aliphatic rings. The van der Waals surface area contributed by atoms with Crippen LogP contribution in [0.15, 0.2) is 12.1 Å². The maximum Gasteiger partial charge on any atom is 0.340 e. The van der Waals surface area contributed by atoms with Gasteiger partial charge in [-0.1, -0.05) is 6.92 Å². The molecule has 0 bridgehead atoms. The van der Waals surface area contributed by atoms with Crippen molar-refractivity contribution in [3.63, 3.8) is 0 Å². The minimum absolute atomic E-state index is 0.199. The van der Waals surface area contributed by atoms with Crippen molar-refractivity contribution in [3.05, 3.63) is 17.7 Å². The van der Waals surface area contributed by atoms with Gasteiger partial charge in [-0.15, -0.1) is 0 Å². The molecule has 0 fully saturated rings. The molecule has 0 saturated carbocycles. The summed E-state index contributed by atoms with van der Waals surface area (Å²) in [5.74, 6) is -0.260. The summed E-state index contributed by atoms with van der Waals surface area (Å²) in [5.41, 5.74) is 0.516. The van der Waals surface area contributed by atoms with E-state index in [-0.39, 0.29) is 17.4 Å². The first-order valence-corrected chi connectivity index (χ1v) is 6.78. The Labute approximate surface area is 129 Å². The van der Waals surface area contributed by atoms with Crippen LogP contribution in [0.25, 0.3) is 0 Å². The largest absolute Gasteiger partial charge is 0.493 e. The number of carbonyl (C=O) groups is 2. The zero-order valence-electron chi connectivity index (χ0n) is 13.5. The Morgan fingerprint density at radius 2 is 1.73 bits per heavy atom. The van der Waals surface area contributed by atoms with Crippen molar-refractivity contribution in [3.8, 4) is 11.5 Å². The Kier molecular flexibility index (Phi) is 6.65. The third-order valence-electron chi connectivity index (χ3n) is 3.14. The van der Waals surface area contributed by atoms with Gasteiger partial charge in [-0.3, -0.25) is 4.79 Å². The predicted molar refractivity (Wildman–Crippen MR) is 82.6 cm³/mol. The van der Waals surface area contributed by atoms with E-state index in [1.165, 1.54) is 33.5 Å². The van der Waals surface area contributed by atoms with E-state index in [2.05, 4.69) is 10.6 Å². The minimum Gasteiger partial charge on any atom is -0.493 e. The summed E-state index contributed by atoms with van der Waals surface area (Å²) in [6.45, 7) is 2.30. The summed E-state index contributed by atoms with van der Waals surface area (Å²) in [6.07, 6.45) is 0. The van der Waals surface area contributed by atoms with Crippen molar-refractivity contribution < 1.29 is 23.8 Å². The first kappa shape index (κ1) is 17.8. The van der Waals surface area contributed by atoms with Gasteiger partial charge in [0.25, 0.3) is 0 Å². The average Bonchev–Trinajstić information content (AvgIpc) is 2.53.